The van der Waals surface area contributed by atoms with Crippen LogP contribution < -0.4 is 31.9 Å². The lowest BCUT2D eigenvalue weighted by atomic mass is 9.87. The first-order valence-electron chi connectivity index (χ1n) is 21.3. The molecule has 0 bridgehead atoms. The first-order valence-corrected chi connectivity index (χ1v) is 21.3. The monoisotopic (exact) mass is 818 g/mol. The van der Waals surface area contributed by atoms with Crippen LogP contribution in [0.3, 0.4) is 0 Å². The highest BCUT2D eigenvalue weighted by atomic mass is 16.2. The van der Waals surface area contributed by atoms with Crippen LogP contribution in [0, 0.1) is 23.7 Å². The molecule has 2 aliphatic heterocycles. The highest BCUT2D eigenvalue weighted by molar-refractivity contribution is 5.95. The number of likely N-dealkylation sites (N-methyl/N-ethyl adjacent to an activating group) is 2. The Labute approximate surface area is 353 Å². The number of carbonyl (C=O) groups excluding carboxylic acids is 6. The molecule has 6 N–H and O–H groups in total. The van der Waals surface area contributed by atoms with E-state index in [2.05, 4.69) is 67.7 Å². The maximum Gasteiger partial charge on any atom is 0.246 e. The van der Waals surface area contributed by atoms with Crippen LogP contribution in [0.5, 0.6) is 0 Å². The van der Waals surface area contributed by atoms with Crippen molar-refractivity contribution in [3.05, 3.63) is 70.8 Å². The second-order valence-electron chi connectivity index (χ2n) is 16.1. The third kappa shape index (κ3) is 10.4. The van der Waals surface area contributed by atoms with Crippen molar-refractivity contribution in [1.29, 1.82) is 0 Å². The largest absolute Gasteiger partial charge is 0.347 e. The second-order valence-corrected chi connectivity index (χ2v) is 16.1. The molecule has 8 atom stereocenters. The van der Waals surface area contributed by atoms with Crippen molar-refractivity contribution in [2.24, 2.45) is 0 Å². The van der Waals surface area contributed by atoms with E-state index in [9.17, 15) is 28.8 Å². The van der Waals surface area contributed by atoms with Gasteiger partial charge in [-0.05, 0) is 113 Å². The molecule has 0 radical (unpaired) electrons. The first-order chi connectivity index (χ1) is 29.0. The minimum absolute atomic E-state index is 0.0641. The molecule has 2 aromatic carbocycles. The Balaban J connectivity index is 1.09. The van der Waals surface area contributed by atoms with E-state index in [1.54, 1.807) is 27.9 Å². The van der Waals surface area contributed by atoms with Gasteiger partial charge in [0, 0.05) is 25.9 Å². The van der Waals surface area contributed by atoms with E-state index >= 15 is 0 Å². The number of nitrogens with one attached hydrogen (secondary N) is 6. The number of hydrogen-bond acceptors (Lipinski definition) is 8. The van der Waals surface area contributed by atoms with Crippen LogP contribution in [-0.2, 0) is 41.6 Å². The predicted octanol–water partition coefficient (Wildman–Crippen LogP) is 1.55. The standard InChI is InChI=1S/C46H58N8O6/c1-29(47-3)41(55)51-37(45(59)53-27-25-39(53)43(57)49-35-23-13-17-31-15-9-11-19-33(31)35)21-7-5-6-8-22-38(52-42(56)30(2)48-4)46(60)54-28-26-40(54)44(58)50-36-24-14-18-32-16-10-12-20-34(32)36/h9-12,15-16,19-20,29-30,35-40,47-48H,13-14,17-18,21-28H2,1-4H3,(H,49,57)(H,50,58)(H,51,55)(H,52,56)/t29-,30-,35+,36+,37-,38-,39-,40-/m0/s1. The number of hydrogen-bond donors (Lipinski definition) is 6. The summed E-state index contributed by atoms with van der Waals surface area (Å²) >= 11 is 0. The lowest BCUT2D eigenvalue weighted by Crippen LogP contribution is -2.63. The van der Waals surface area contributed by atoms with Gasteiger partial charge in [-0.2, -0.15) is 0 Å². The molecular weight excluding hydrogens is 761 g/mol. The van der Waals surface area contributed by atoms with Crippen molar-refractivity contribution < 1.29 is 28.8 Å². The van der Waals surface area contributed by atoms with Crippen molar-refractivity contribution >= 4 is 35.4 Å². The quantitative estimate of drug-likeness (QED) is 0.156. The maximum atomic E-state index is 13.9. The molecule has 4 aliphatic rings. The maximum absolute atomic E-state index is 13.9. The Hall–Kier alpha value is -5.70. The van der Waals surface area contributed by atoms with Crippen molar-refractivity contribution in [1.82, 2.24) is 41.7 Å². The SMILES string of the molecule is CN[C@@H](C)C(=O)N[C@@H](CC#CC#CC[C@H](NC(=O)[C@H](C)NC)C(=O)N1CC[C@H]1C(=O)N[C@@H]1CCCc2ccccc21)C(=O)N1CC[C@H]1C(=O)N[C@@H]1CCCc2ccccc21. The van der Waals surface area contributed by atoms with Crippen LogP contribution >= 0.6 is 0 Å². The van der Waals surface area contributed by atoms with Gasteiger partial charge in [0.2, 0.25) is 35.4 Å². The Morgan fingerprint density at radius 2 is 1.02 bits per heavy atom. The van der Waals surface area contributed by atoms with Gasteiger partial charge in [0.1, 0.15) is 24.2 Å². The van der Waals surface area contributed by atoms with Gasteiger partial charge in [-0.1, -0.05) is 60.4 Å². The van der Waals surface area contributed by atoms with Crippen molar-refractivity contribution in [3.8, 4) is 23.7 Å². The molecule has 0 saturated carbocycles. The molecule has 60 heavy (non-hydrogen) atoms. The average molecular weight is 819 g/mol. The molecule has 6 amide bonds. The zero-order valence-electron chi connectivity index (χ0n) is 35.1. The molecule has 0 unspecified atom stereocenters. The van der Waals surface area contributed by atoms with Gasteiger partial charge in [-0.3, -0.25) is 28.8 Å². The summed E-state index contributed by atoms with van der Waals surface area (Å²) in [6, 6.07) is 11.4. The number of aryl methyl sites for hydroxylation is 2. The van der Waals surface area contributed by atoms with E-state index in [0.717, 1.165) is 49.7 Å². The third-order valence-corrected chi connectivity index (χ3v) is 12.3. The van der Waals surface area contributed by atoms with Crippen molar-refractivity contribution in [2.45, 2.75) is 126 Å². The van der Waals surface area contributed by atoms with Crippen molar-refractivity contribution in [2.75, 3.05) is 27.2 Å². The van der Waals surface area contributed by atoms with Crippen molar-refractivity contribution in [3.63, 3.8) is 0 Å². The minimum atomic E-state index is -1.03. The second kappa shape index (κ2) is 20.5. The molecule has 0 aromatic heterocycles. The fraction of sp³-hybridized carbons (Fsp3) is 0.522. The van der Waals surface area contributed by atoms with E-state index in [-0.39, 0.29) is 36.7 Å². The summed E-state index contributed by atoms with van der Waals surface area (Å²) in [5.41, 5.74) is 4.66. The normalized spacial score (nSPS) is 22.1. The molecule has 0 spiro atoms. The zero-order chi connectivity index (χ0) is 42.8. The molecule has 2 fully saturated rings. The Bertz CT molecular complexity index is 1920. The summed E-state index contributed by atoms with van der Waals surface area (Å²) in [6.45, 7) is 4.10. The van der Waals surface area contributed by atoms with E-state index < -0.39 is 59.9 Å². The van der Waals surface area contributed by atoms with Crippen LogP contribution in [0.2, 0.25) is 0 Å². The lowest BCUT2D eigenvalue weighted by molar-refractivity contribution is -0.150. The Morgan fingerprint density at radius 1 is 0.617 bits per heavy atom. The van der Waals surface area contributed by atoms with E-state index in [4.69, 9.17) is 0 Å². The number of likely N-dealkylation sites (tertiary alicyclic amines) is 2. The summed E-state index contributed by atoms with van der Waals surface area (Å²) in [7, 11) is 3.28. The summed E-state index contributed by atoms with van der Waals surface area (Å²) in [6.07, 6.45) is 6.40. The highest BCUT2D eigenvalue weighted by Gasteiger charge is 2.43. The number of carbonyl (C=O) groups is 6. The molecule has 2 heterocycles. The zero-order valence-corrected chi connectivity index (χ0v) is 35.1. The number of amides is 6. The van der Waals surface area contributed by atoms with Crippen LogP contribution in [0.4, 0.5) is 0 Å². The molecule has 14 heteroatoms. The average Bonchev–Trinajstić information content (AvgIpc) is 3.22. The molecule has 318 valence electrons. The fourth-order valence-corrected chi connectivity index (χ4v) is 8.24. The number of rotatable bonds is 14. The molecule has 14 nitrogen and oxygen atoms in total. The Morgan fingerprint density at radius 3 is 1.38 bits per heavy atom. The lowest BCUT2D eigenvalue weighted by Gasteiger charge is -2.42. The molecule has 6 rings (SSSR count). The minimum Gasteiger partial charge on any atom is -0.347 e. The summed E-state index contributed by atoms with van der Waals surface area (Å²) in [5, 5.41) is 17.7. The fourth-order valence-electron chi connectivity index (χ4n) is 8.24. The van der Waals surface area contributed by atoms with Crippen LogP contribution in [0.25, 0.3) is 0 Å². The summed E-state index contributed by atoms with van der Waals surface area (Å²) in [4.78, 5) is 83.6. The third-order valence-electron chi connectivity index (χ3n) is 12.3. The van der Waals surface area contributed by atoms with E-state index in [1.807, 2.05) is 36.4 Å². The summed E-state index contributed by atoms with van der Waals surface area (Å²) in [5.74, 6) is 9.21. The van der Waals surface area contributed by atoms with Gasteiger partial charge in [0.05, 0.1) is 24.2 Å². The Kier molecular flexibility index (Phi) is 15.0. The smallest absolute Gasteiger partial charge is 0.246 e. The summed E-state index contributed by atoms with van der Waals surface area (Å²) < 4.78 is 0. The topological polar surface area (TPSA) is 181 Å². The van der Waals surface area contributed by atoms with Gasteiger partial charge in [-0.15, -0.1) is 0 Å². The van der Waals surface area contributed by atoms with E-state index in [0.29, 0.717) is 25.9 Å². The molecule has 2 aromatic rings. The van der Waals surface area contributed by atoms with Gasteiger partial charge in [0.25, 0.3) is 0 Å². The number of nitrogens with zero attached hydrogens (tertiary/aromatic N) is 2. The van der Waals surface area contributed by atoms with E-state index in [1.165, 1.54) is 20.9 Å². The predicted molar refractivity (Wildman–Crippen MR) is 226 cm³/mol. The van der Waals surface area contributed by atoms with Gasteiger partial charge >= 0.3 is 0 Å². The number of benzene rings is 2. The molecule has 2 saturated heterocycles. The first kappa shape index (κ1) is 43.9. The molecule has 2 aliphatic carbocycles. The van der Waals surface area contributed by atoms with Gasteiger partial charge in [-0.25, -0.2) is 0 Å². The van der Waals surface area contributed by atoms with Crippen LogP contribution in [-0.4, -0.2) is 109 Å². The number of fused-ring (bicyclic) bond motifs is 2. The highest BCUT2D eigenvalue weighted by Crippen LogP contribution is 2.32. The van der Waals surface area contributed by atoms with Crippen LogP contribution in [0.15, 0.2) is 48.5 Å². The van der Waals surface area contributed by atoms with Gasteiger partial charge in [0.15, 0.2) is 0 Å². The van der Waals surface area contributed by atoms with Gasteiger partial charge < -0.3 is 41.7 Å². The molecular formula is C46H58N8O6. The van der Waals surface area contributed by atoms with Crippen LogP contribution in [0.1, 0.15) is 99.6 Å².